The number of carbonyl (C=O) groups is 1. The van der Waals surface area contributed by atoms with Crippen LogP contribution in [0.3, 0.4) is 0 Å². The number of aryl methyl sites for hydroxylation is 1. The van der Waals surface area contributed by atoms with Crippen molar-refractivity contribution in [1.29, 1.82) is 0 Å². The van der Waals surface area contributed by atoms with Crippen LogP contribution in [0.1, 0.15) is 15.9 Å². The van der Waals surface area contributed by atoms with Crippen LogP contribution in [0.25, 0.3) is 10.8 Å². The molecule has 0 fully saturated rings. The van der Waals surface area contributed by atoms with E-state index in [1.54, 1.807) is 24.3 Å². The second-order valence-electron chi connectivity index (χ2n) is 4.29. The number of aromatic nitrogens is 2. The van der Waals surface area contributed by atoms with Gasteiger partial charge >= 0.3 is 6.01 Å². The summed E-state index contributed by atoms with van der Waals surface area (Å²) in [6.45, 7) is 1.86. The first-order valence-electron chi connectivity index (χ1n) is 6.09. The molecule has 0 spiro atoms. The molecule has 1 N–H and O–H groups in total. The Morgan fingerprint density at radius 1 is 1.24 bits per heavy atom. The van der Waals surface area contributed by atoms with E-state index in [4.69, 9.17) is 16.0 Å². The van der Waals surface area contributed by atoms with Crippen LogP contribution in [0.5, 0.6) is 0 Å². The lowest BCUT2D eigenvalue weighted by Crippen LogP contribution is -2.13. The minimum Gasteiger partial charge on any atom is -0.402 e. The van der Waals surface area contributed by atoms with Gasteiger partial charge in [-0.25, -0.2) is 0 Å². The lowest BCUT2D eigenvalue weighted by molar-refractivity contribution is 0.102. The van der Waals surface area contributed by atoms with Crippen LogP contribution in [-0.2, 0) is 0 Å². The summed E-state index contributed by atoms with van der Waals surface area (Å²) in [5.74, 6) is 0.0412. The van der Waals surface area contributed by atoms with Gasteiger partial charge in [0.25, 0.3) is 11.8 Å². The van der Waals surface area contributed by atoms with Gasteiger partial charge in [0.15, 0.2) is 0 Å². The molecule has 21 heavy (non-hydrogen) atoms. The number of rotatable bonds is 3. The first kappa shape index (κ1) is 13.8. The van der Waals surface area contributed by atoms with Crippen LogP contribution < -0.4 is 5.32 Å². The summed E-state index contributed by atoms with van der Waals surface area (Å²) in [5, 5.41) is 10.3. The molecule has 0 radical (unpaired) electrons. The molecule has 2 aromatic heterocycles. The summed E-state index contributed by atoms with van der Waals surface area (Å²) in [6.07, 6.45) is 0. The number of hydrogen-bond donors (Lipinski definition) is 1. The van der Waals surface area contributed by atoms with Crippen LogP contribution in [0.4, 0.5) is 6.01 Å². The van der Waals surface area contributed by atoms with Gasteiger partial charge in [-0.1, -0.05) is 34.9 Å². The Labute approximate surface area is 129 Å². The van der Waals surface area contributed by atoms with Crippen LogP contribution in [-0.4, -0.2) is 16.1 Å². The van der Waals surface area contributed by atoms with Gasteiger partial charge in [-0.05, 0) is 30.7 Å². The zero-order valence-electron chi connectivity index (χ0n) is 11.0. The van der Waals surface area contributed by atoms with Gasteiger partial charge < -0.3 is 4.42 Å². The number of amides is 1. The second-order valence-corrected chi connectivity index (χ2v) is 6.00. The molecule has 0 aliphatic carbocycles. The van der Waals surface area contributed by atoms with E-state index in [0.717, 1.165) is 10.4 Å². The molecule has 0 saturated carbocycles. The molecule has 0 aliphatic heterocycles. The summed E-state index contributed by atoms with van der Waals surface area (Å²) in [6, 6.07) is 10.9. The summed E-state index contributed by atoms with van der Waals surface area (Å²) in [5.41, 5.74) is 1.44. The van der Waals surface area contributed by atoms with Crippen molar-refractivity contribution >= 4 is 34.9 Å². The normalized spacial score (nSPS) is 10.6. The standard InChI is InChI=1S/C14H10ClN3O2S/c1-8-4-2-3-5-9(8)12(19)16-14-18-17-13(20-14)10-6-7-11(15)21-10/h2-7H,1H3,(H,16,18,19). The third kappa shape index (κ3) is 2.96. The highest BCUT2D eigenvalue weighted by molar-refractivity contribution is 7.19. The molecular formula is C14H10ClN3O2S. The number of halogens is 1. The van der Waals surface area contributed by atoms with Gasteiger partial charge in [0.05, 0.1) is 9.21 Å². The molecule has 0 unspecified atom stereocenters. The number of nitrogens with zero attached hydrogens (tertiary/aromatic N) is 2. The van der Waals surface area contributed by atoms with E-state index >= 15 is 0 Å². The highest BCUT2D eigenvalue weighted by atomic mass is 35.5. The quantitative estimate of drug-likeness (QED) is 0.792. The third-order valence-corrected chi connectivity index (χ3v) is 4.04. The molecule has 0 bridgehead atoms. The number of carbonyl (C=O) groups excluding carboxylic acids is 1. The number of benzene rings is 1. The van der Waals surface area contributed by atoms with Gasteiger partial charge in [-0.15, -0.1) is 16.4 Å². The van der Waals surface area contributed by atoms with Gasteiger partial charge in [0, 0.05) is 5.56 Å². The number of thiophene rings is 1. The SMILES string of the molecule is Cc1ccccc1C(=O)Nc1nnc(-c2ccc(Cl)s2)o1. The Morgan fingerprint density at radius 2 is 2.05 bits per heavy atom. The molecule has 7 heteroatoms. The third-order valence-electron chi connectivity index (χ3n) is 2.82. The molecule has 2 heterocycles. The number of nitrogens with one attached hydrogen (secondary N) is 1. The first-order valence-corrected chi connectivity index (χ1v) is 7.29. The number of hydrogen-bond acceptors (Lipinski definition) is 5. The van der Waals surface area contributed by atoms with Crippen LogP contribution in [0.15, 0.2) is 40.8 Å². The summed E-state index contributed by atoms with van der Waals surface area (Å²) in [4.78, 5) is 12.9. The Balaban J connectivity index is 1.79. The van der Waals surface area contributed by atoms with E-state index in [-0.39, 0.29) is 11.9 Å². The van der Waals surface area contributed by atoms with Crippen molar-refractivity contribution in [3.05, 3.63) is 51.9 Å². The Hall–Kier alpha value is -2.18. The smallest absolute Gasteiger partial charge is 0.322 e. The van der Waals surface area contributed by atoms with Crippen LogP contribution in [0.2, 0.25) is 4.34 Å². The van der Waals surface area contributed by atoms with Crippen molar-refractivity contribution in [2.75, 3.05) is 5.32 Å². The lowest BCUT2D eigenvalue weighted by Gasteiger charge is -2.03. The zero-order valence-corrected chi connectivity index (χ0v) is 12.5. The summed E-state index contributed by atoms with van der Waals surface area (Å²) < 4.78 is 6.05. The minimum absolute atomic E-state index is 0.0581. The van der Waals surface area contributed by atoms with E-state index < -0.39 is 0 Å². The van der Waals surface area contributed by atoms with E-state index in [9.17, 15) is 4.79 Å². The van der Waals surface area contributed by atoms with Crippen molar-refractivity contribution in [1.82, 2.24) is 10.2 Å². The first-order chi connectivity index (χ1) is 10.1. The van der Waals surface area contributed by atoms with E-state index in [1.165, 1.54) is 11.3 Å². The lowest BCUT2D eigenvalue weighted by atomic mass is 10.1. The van der Waals surface area contributed by atoms with E-state index in [0.29, 0.717) is 15.8 Å². The molecule has 5 nitrogen and oxygen atoms in total. The fourth-order valence-electron chi connectivity index (χ4n) is 1.79. The molecular weight excluding hydrogens is 310 g/mol. The second kappa shape index (κ2) is 5.67. The van der Waals surface area contributed by atoms with Crippen molar-refractivity contribution in [3.8, 4) is 10.8 Å². The topological polar surface area (TPSA) is 68.0 Å². The van der Waals surface area contributed by atoms with Crippen LogP contribution in [0, 0.1) is 6.92 Å². The maximum Gasteiger partial charge on any atom is 0.322 e. The molecule has 0 saturated heterocycles. The summed E-state index contributed by atoms with van der Waals surface area (Å²) in [7, 11) is 0. The van der Waals surface area contributed by atoms with Gasteiger partial charge in [0.2, 0.25) is 0 Å². The highest BCUT2D eigenvalue weighted by Gasteiger charge is 2.14. The molecule has 3 aromatic rings. The fraction of sp³-hybridized carbons (Fsp3) is 0.0714. The van der Waals surface area contributed by atoms with Crippen molar-refractivity contribution in [3.63, 3.8) is 0 Å². The highest BCUT2D eigenvalue weighted by Crippen LogP contribution is 2.30. The maximum absolute atomic E-state index is 12.1. The largest absolute Gasteiger partial charge is 0.402 e. The molecule has 106 valence electrons. The maximum atomic E-state index is 12.1. The fourth-order valence-corrected chi connectivity index (χ4v) is 2.76. The average molecular weight is 320 g/mol. The van der Waals surface area contributed by atoms with Gasteiger partial charge in [-0.2, -0.15) is 0 Å². The Kier molecular flexibility index (Phi) is 3.72. The van der Waals surface area contributed by atoms with Crippen molar-refractivity contribution in [2.45, 2.75) is 6.92 Å². The summed E-state index contributed by atoms with van der Waals surface area (Å²) >= 11 is 7.19. The van der Waals surface area contributed by atoms with Gasteiger partial charge in [0.1, 0.15) is 0 Å². The van der Waals surface area contributed by atoms with E-state index in [2.05, 4.69) is 15.5 Å². The molecule has 1 aromatic carbocycles. The molecule has 0 atom stereocenters. The van der Waals surface area contributed by atoms with Gasteiger partial charge in [-0.3, -0.25) is 10.1 Å². The Morgan fingerprint density at radius 3 is 2.76 bits per heavy atom. The predicted octanol–water partition coefficient (Wildman–Crippen LogP) is 4.01. The monoisotopic (exact) mass is 319 g/mol. The van der Waals surface area contributed by atoms with E-state index in [1.807, 2.05) is 19.1 Å². The molecule has 0 aliphatic rings. The molecule has 1 amide bonds. The minimum atomic E-state index is -0.285. The molecule has 3 rings (SSSR count). The Bertz CT molecular complexity index is 797. The number of anilines is 1. The van der Waals surface area contributed by atoms with Crippen molar-refractivity contribution in [2.24, 2.45) is 0 Å². The average Bonchev–Trinajstić information content (AvgIpc) is 3.08. The van der Waals surface area contributed by atoms with Crippen molar-refractivity contribution < 1.29 is 9.21 Å². The van der Waals surface area contributed by atoms with Crippen LogP contribution >= 0.6 is 22.9 Å². The predicted molar refractivity (Wildman–Crippen MR) is 81.8 cm³/mol. The zero-order chi connectivity index (χ0) is 14.8.